The summed E-state index contributed by atoms with van der Waals surface area (Å²) in [4.78, 5) is 14.9. The van der Waals surface area contributed by atoms with Crippen LogP contribution in [-0.2, 0) is 4.79 Å². The molecule has 3 rings (SSSR count). The van der Waals surface area contributed by atoms with Gasteiger partial charge < -0.3 is 0 Å². The second-order valence-corrected chi connectivity index (χ2v) is 7.24. The highest BCUT2D eigenvalue weighted by Crippen LogP contribution is 2.50. The van der Waals surface area contributed by atoms with E-state index >= 15 is 0 Å². The zero-order chi connectivity index (χ0) is 15.2. The average molecular weight is 326 g/mol. The Morgan fingerprint density at radius 3 is 2.81 bits per heavy atom. The van der Waals surface area contributed by atoms with Gasteiger partial charge in [-0.3, -0.25) is 9.69 Å². The maximum Gasteiger partial charge on any atom is 0.152 e. The van der Waals surface area contributed by atoms with Crippen molar-refractivity contribution in [3.05, 3.63) is 33.8 Å². The number of hydrogen-bond acceptors (Lipinski definition) is 2. The first kappa shape index (κ1) is 15.3. The fourth-order valence-corrected chi connectivity index (χ4v) is 4.57. The molecule has 1 aromatic carbocycles. The number of nitrogens with zero attached hydrogens (tertiary/aromatic N) is 1. The monoisotopic (exact) mass is 325 g/mol. The summed E-state index contributed by atoms with van der Waals surface area (Å²) in [5.41, 5.74) is 0.965. The predicted molar refractivity (Wildman–Crippen MR) is 87.3 cm³/mol. The van der Waals surface area contributed by atoms with E-state index in [0.29, 0.717) is 34.2 Å². The lowest BCUT2D eigenvalue weighted by atomic mass is 9.75. The van der Waals surface area contributed by atoms with Crippen molar-refractivity contribution in [3.63, 3.8) is 0 Å². The molecule has 0 aliphatic carbocycles. The van der Waals surface area contributed by atoms with E-state index in [4.69, 9.17) is 23.2 Å². The van der Waals surface area contributed by atoms with Gasteiger partial charge in [0.05, 0.1) is 15.6 Å². The van der Waals surface area contributed by atoms with Crippen molar-refractivity contribution in [1.29, 1.82) is 0 Å². The maximum absolute atomic E-state index is 12.6. The first-order valence-corrected chi connectivity index (χ1v) is 8.44. The van der Waals surface area contributed by atoms with E-state index in [2.05, 4.69) is 18.0 Å². The number of Topliss-reactive ketones (excluding diaryl/α,β-unsaturated/α-hetero) is 1. The van der Waals surface area contributed by atoms with Gasteiger partial charge in [-0.15, -0.1) is 0 Å². The number of carbonyl (C=O) groups excluding carboxylic acids is 1. The van der Waals surface area contributed by atoms with Gasteiger partial charge in [-0.2, -0.15) is 0 Å². The summed E-state index contributed by atoms with van der Waals surface area (Å²) in [6.45, 7) is 1.97. The van der Waals surface area contributed by atoms with Gasteiger partial charge in [0.1, 0.15) is 0 Å². The van der Waals surface area contributed by atoms with Gasteiger partial charge in [0, 0.05) is 12.5 Å². The van der Waals surface area contributed by atoms with Crippen LogP contribution in [0.25, 0.3) is 0 Å². The van der Waals surface area contributed by atoms with Crippen LogP contribution >= 0.6 is 23.2 Å². The van der Waals surface area contributed by atoms with Crippen LogP contribution in [-0.4, -0.2) is 29.3 Å². The molecule has 2 aliphatic rings. The van der Waals surface area contributed by atoms with Crippen LogP contribution < -0.4 is 0 Å². The molecule has 0 spiro atoms. The smallest absolute Gasteiger partial charge is 0.152 e. The summed E-state index contributed by atoms with van der Waals surface area (Å²) in [7, 11) is 2.12. The molecule has 2 heterocycles. The van der Waals surface area contributed by atoms with E-state index in [1.54, 1.807) is 0 Å². The highest BCUT2D eigenvalue weighted by molar-refractivity contribution is 6.42. The van der Waals surface area contributed by atoms with Crippen LogP contribution in [0.4, 0.5) is 0 Å². The summed E-state index contributed by atoms with van der Waals surface area (Å²) in [5, 5.41) is 1.20. The van der Waals surface area contributed by atoms with Crippen molar-refractivity contribution < 1.29 is 4.79 Å². The van der Waals surface area contributed by atoms with Gasteiger partial charge in [0.25, 0.3) is 0 Å². The topological polar surface area (TPSA) is 20.3 Å². The fraction of sp³-hybridized carbons (Fsp3) is 0.588. The van der Waals surface area contributed by atoms with E-state index in [-0.39, 0.29) is 5.54 Å². The molecule has 21 heavy (non-hydrogen) atoms. The summed E-state index contributed by atoms with van der Waals surface area (Å²) >= 11 is 12.2. The fourth-order valence-electron chi connectivity index (χ4n) is 4.27. The quantitative estimate of drug-likeness (QED) is 0.803. The van der Waals surface area contributed by atoms with Crippen LogP contribution in [0.2, 0.25) is 10.0 Å². The van der Waals surface area contributed by atoms with Gasteiger partial charge in [-0.1, -0.05) is 36.2 Å². The number of benzene rings is 1. The molecular formula is C17H21Cl2NO. The van der Waals surface area contributed by atoms with Gasteiger partial charge >= 0.3 is 0 Å². The Morgan fingerprint density at radius 1 is 1.38 bits per heavy atom. The number of fused-ring (bicyclic) bond motifs is 2. The molecule has 2 saturated heterocycles. The second-order valence-electron chi connectivity index (χ2n) is 6.42. The normalized spacial score (nSPS) is 32.4. The molecule has 2 bridgehead atoms. The molecule has 0 aromatic heterocycles. The van der Waals surface area contributed by atoms with Crippen LogP contribution in [0.3, 0.4) is 0 Å². The third-order valence-corrected chi connectivity index (χ3v) is 6.25. The SMILES string of the molecule is CCC(=O)C12CCC(C[C@H](c3ccc(Cl)c(Cl)c3)C1)N2C. The first-order chi connectivity index (χ1) is 9.98. The van der Waals surface area contributed by atoms with Crippen LogP contribution in [0, 0.1) is 0 Å². The number of rotatable bonds is 3. The number of carbonyl (C=O) groups is 1. The molecule has 2 fully saturated rings. The summed E-state index contributed by atoms with van der Waals surface area (Å²) in [6.07, 6.45) is 4.75. The average Bonchev–Trinajstić information content (AvgIpc) is 2.68. The molecule has 114 valence electrons. The van der Waals surface area contributed by atoms with Crippen molar-refractivity contribution in [2.75, 3.05) is 7.05 Å². The molecule has 0 N–H and O–H groups in total. The Bertz CT molecular complexity index is 574. The van der Waals surface area contributed by atoms with Crippen molar-refractivity contribution >= 4 is 29.0 Å². The summed E-state index contributed by atoms with van der Waals surface area (Å²) in [6, 6.07) is 6.42. The zero-order valence-corrected chi connectivity index (χ0v) is 14.0. The number of ketones is 1. The Labute approximate surface area is 136 Å². The molecule has 2 aliphatic heterocycles. The molecule has 1 aromatic rings. The van der Waals surface area contributed by atoms with Crippen molar-refractivity contribution in [2.45, 2.75) is 56.5 Å². The summed E-state index contributed by atoms with van der Waals surface area (Å²) in [5.74, 6) is 0.788. The highest BCUT2D eigenvalue weighted by Gasteiger charge is 2.53. The lowest BCUT2D eigenvalue weighted by Crippen LogP contribution is -2.54. The molecule has 2 nitrogen and oxygen atoms in total. The third-order valence-electron chi connectivity index (χ3n) is 5.51. The van der Waals surface area contributed by atoms with E-state index in [1.165, 1.54) is 5.56 Å². The predicted octanol–water partition coefficient (Wildman–Crippen LogP) is 4.68. The van der Waals surface area contributed by atoms with Crippen molar-refractivity contribution in [3.8, 4) is 0 Å². The Morgan fingerprint density at radius 2 is 2.14 bits per heavy atom. The molecule has 0 radical (unpaired) electrons. The Kier molecular flexibility index (Phi) is 4.06. The second kappa shape index (κ2) is 5.57. The first-order valence-electron chi connectivity index (χ1n) is 7.69. The largest absolute Gasteiger partial charge is 0.298 e. The number of piperidine rings is 1. The minimum Gasteiger partial charge on any atom is -0.298 e. The van der Waals surface area contributed by atoms with Gasteiger partial charge in [0.2, 0.25) is 0 Å². The highest BCUT2D eigenvalue weighted by atomic mass is 35.5. The Balaban J connectivity index is 1.93. The van der Waals surface area contributed by atoms with E-state index in [9.17, 15) is 4.79 Å². The number of hydrogen-bond donors (Lipinski definition) is 0. The molecule has 0 amide bonds. The van der Waals surface area contributed by atoms with Crippen LogP contribution in [0.15, 0.2) is 18.2 Å². The molecule has 4 heteroatoms. The van der Waals surface area contributed by atoms with Crippen LogP contribution in [0.5, 0.6) is 0 Å². The van der Waals surface area contributed by atoms with Crippen molar-refractivity contribution in [1.82, 2.24) is 4.90 Å². The van der Waals surface area contributed by atoms with Crippen LogP contribution in [0.1, 0.15) is 50.5 Å². The van der Waals surface area contributed by atoms with E-state index < -0.39 is 0 Å². The standard InChI is InChI=1S/C17H21Cl2NO/c1-3-16(21)17-7-6-13(20(17)2)8-12(10-17)11-4-5-14(18)15(19)9-11/h4-5,9,12-13H,3,6-8,10H2,1-2H3/t12-,13?,17?/m0/s1. The van der Waals surface area contributed by atoms with E-state index in [0.717, 1.165) is 25.7 Å². The Hall–Kier alpha value is -0.570. The molecule has 2 unspecified atom stereocenters. The van der Waals surface area contributed by atoms with Gasteiger partial charge in [-0.05, 0) is 56.3 Å². The molecular weight excluding hydrogens is 305 g/mol. The van der Waals surface area contributed by atoms with Gasteiger partial charge in [0.15, 0.2) is 5.78 Å². The third kappa shape index (κ3) is 2.42. The molecule has 0 saturated carbocycles. The van der Waals surface area contributed by atoms with Crippen molar-refractivity contribution in [2.24, 2.45) is 0 Å². The minimum absolute atomic E-state index is 0.256. The summed E-state index contributed by atoms with van der Waals surface area (Å²) < 4.78 is 0. The van der Waals surface area contributed by atoms with Gasteiger partial charge in [-0.25, -0.2) is 0 Å². The number of likely N-dealkylation sites (N-methyl/N-ethyl adjacent to an activating group) is 1. The molecule has 3 atom stereocenters. The lowest BCUT2D eigenvalue weighted by Gasteiger charge is -2.45. The van der Waals surface area contributed by atoms with E-state index in [1.807, 2.05) is 19.1 Å². The zero-order valence-electron chi connectivity index (χ0n) is 12.5. The number of halogens is 2. The lowest BCUT2D eigenvalue weighted by molar-refractivity contribution is -0.131. The maximum atomic E-state index is 12.6. The minimum atomic E-state index is -0.256.